The first-order valence-electron chi connectivity index (χ1n) is 13.3. The van der Waals surface area contributed by atoms with E-state index < -0.39 is 16.1 Å². The summed E-state index contributed by atoms with van der Waals surface area (Å²) in [5, 5.41) is 3.67. The summed E-state index contributed by atoms with van der Waals surface area (Å²) >= 11 is 12.3. The molecule has 2 aromatic rings. The number of sulfonamides is 1. The van der Waals surface area contributed by atoms with E-state index in [0.29, 0.717) is 17.0 Å². The Kier molecular flexibility index (Phi) is 11.4. The number of halogens is 3. The van der Waals surface area contributed by atoms with Crippen LogP contribution in [0.1, 0.15) is 63.9 Å². The summed E-state index contributed by atoms with van der Waals surface area (Å²) in [7, 11) is -3.71. The van der Waals surface area contributed by atoms with Crippen LogP contribution in [-0.2, 0) is 26.2 Å². The van der Waals surface area contributed by atoms with Gasteiger partial charge < -0.3 is 10.2 Å². The molecule has 0 spiro atoms. The van der Waals surface area contributed by atoms with E-state index in [4.69, 9.17) is 23.2 Å². The number of nitrogens with one attached hydrogen (secondary N) is 1. The molecule has 1 atom stereocenters. The molecule has 0 unspecified atom stereocenters. The SMILES string of the molecule is CC[C@H](C(=O)NC1CCCCC1)N(Cc1ccc(F)cc1)C(=O)CCCN(c1cc(Cl)ccc1Cl)S(C)(=O)=O. The summed E-state index contributed by atoms with van der Waals surface area (Å²) < 4.78 is 39.7. The third-order valence-corrected chi connectivity index (χ3v) is 8.67. The van der Waals surface area contributed by atoms with Crippen molar-refractivity contribution in [2.75, 3.05) is 17.1 Å². The van der Waals surface area contributed by atoms with Gasteiger partial charge in [0.05, 0.1) is 17.0 Å². The van der Waals surface area contributed by atoms with Gasteiger partial charge in [-0.25, -0.2) is 12.8 Å². The van der Waals surface area contributed by atoms with Crippen LogP contribution in [-0.4, -0.2) is 50.0 Å². The average Bonchev–Trinajstić information content (AvgIpc) is 2.89. The number of carbonyl (C=O) groups is 2. The summed E-state index contributed by atoms with van der Waals surface area (Å²) in [5.74, 6) is -0.891. The number of carbonyl (C=O) groups excluding carboxylic acids is 2. The van der Waals surface area contributed by atoms with Crippen molar-refractivity contribution in [2.24, 2.45) is 0 Å². The molecule has 11 heteroatoms. The summed E-state index contributed by atoms with van der Waals surface area (Å²) in [6.45, 7) is 1.98. The van der Waals surface area contributed by atoms with E-state index in [1.165, 1.54) is 29.2 Å². The van der Waals surface area contributed by atoms with Crippen LogP contribution in [0.3, 0.4) is 0 Å². The van der Waals surface area contributed by atoms with Crippen LogP contribution in [0.25, 0.3) is 0 Å². The summed E-state index contributed by atoms with van der Waals surface area (Å²) in [4.78, 5) is 28.4. The number of hydrogen-bond donors (Lipinski definition) is 1. The van der Waals surface area contributed by atoms with Gasteiger partial charge in [0.25, 0.3) is 0 Å². The van der Waals surface area contributed by atoms with E-state index in [9.17, 15) is 22.4 Å². The van der Waals surface area contributed by atoms with Gasteiger partial charge in [0, 0.05) is 30.6 Å². The maximum absolute atomic E-state index is 13.6. The molecule has 0 bridgehead atoms. The quantitative estimate of drug-likeness (QED) is 0.327. The number of hydrogen-bond acceptors (Lipinski definition) is 4. The minimum Gasteiger partial charge on any atom is -0.352 e. The predicted octanol–water partition coefficient (Wildman–Crippen LogP) is 5.94. The molecule has 0 radical (unpaired) electrons. The Hall–Kier alpha value is -2.36. The molecule has 39 heavy (non-hydrogen) atoms. The summed E-state index contributed by atoms with van der Waals surface area (Å²) in [6, 6.07) is 9.75. The van der Waals surface area contributed by atoms with E-state index in [-0.39, 0.29) is 60.3 Å². The highest BCUT2D eigenvalue weighted by Gasteiger charge is 2.30. The molecule has 0 aromatic heterocycles. The largest absolute Gasteiger partial charge is 0.352 e. The molecule has 1 aliphatic carbocycles. The zero-order valence-corrected chi connectivity index (χ0v) is 24.7. The molecule has 1 aliphatic rings. The first-order chi connectivity index (χ1) is 18.5. The third kappa shape index (κ3) is 9.08. The topological polar surface area (TPSA) is 86.8 Å². The van der Waals surface area contributed by atoms with Crippen molar-refractivity contribution in [1.29, 1.82) is 0 Å². The Morgan fingerprint density at radius 2 is 1.74 bits per heavy atom. The Labute approximate surface area is 240 Å². The molecule has 2 aromatic carbocycles. The van der Waals surface area contributed by atoms with Gasteiger partial charge in [-0.3, -0.25) is 13.9 Å². The lowest BCUT2D eigenvalue weighted by atomic mass is 9.95. The van der Waals surface area contributed by atoms with Gasteiger partial charge in [-0.15, -0.1) is 0 Å². The maximum atomic E-state index is 13.6. The van der Waals surface area contributed by atoms with Crippen molar-refractivity contribution in [2.45, 2.75) is 76.9 Å². The predicted molar refractivity (Wildman–Crippen MR) is 154 cm³/mol. The van der Waals surface area contributed by atoms with Crippen LogP contribution in [0, 0.1) is 5.82 Å². The molecule has 0 saturated heterocycles. The number of benzene rings is 2. The van der Waals surface area contributed by atoms with E-state index in [1.54, 1.807) is 18.2 Å². The smallest absolute Gasteiger partial charge is 0.243 e. The summed E-state index contributed by atoms with van der Waals surface area (Å²) in [6.07, 6.45) is 6.77. The molecule has 0 heterocycles. The lowest BCUT2D eigenvalue weighted by molar-refractivity contribution is -0.141. The second-order valence-corrected chi connectivity index (χ2v) is 12.7. The fourth-order valence-corrected chi connectivity index (χ4v) is 6.31. The third-order valence-electron chi connectivity index (χ3n) is 6.93. The molecule has 0 aliphatic heterocycles. The van der Waals surface area contributed by atoms with Crippen molar-refractivity contribution in [1.82, 2.24) is 10.2 Å². The molecular formula is C28H36Cl2FN3O4S. The van der Waals surface area contributed by atoms with Crippen molar-refractivity contribution in [3.05, 3.63) is 63.9 Å². The minimum atomic E-state index is -3.71. The minimum absolute atomic E-state index is 0.0000853. The number of nitrogens with zero attached hydrogens (tertiary/aromatic N) is 2. The second-order valence-electron chi connectivity index (χ2n) is 9.95. The summed E-state index contributed by atoms with van der Waals surface area (Å²) in [5.41, 5.74) is 0.928. The van der Waals surface area contributed by atoms with Crippen LogP contribution in [0.5, 0.6) is 0 Å². The lowest BCUT2D eigenvalue weighted by Crippen LogP contribution is -2.51. The Balaban J connectivity index is 1.77. The van der Waals surface area contributed by atoms with Crippen molar-refractivity contribution >= 4 is 50.7 Å². The number of rotatable bonds is 12. The first kappa shape index (κ1) is 31.2. The molecule has 7 nitrogen and oxygen atoms in total. The van der Waals surface area contributed by atoms with Crippen LogP contribution >= 0.6 is 23.2 Å². The van der Waals surface area contributed by atoms with Gasteiger partial charge in [-0.2, -0.15) is 0 Å². The first-order valence-corrected chi connectivity index (χ1v) is 15.9. The molecule has 1 N–H and O–H groups in total. The van der Waals surface area contributed by atoms with Gasteiger partial charge >= 0.3 is 0 Å². The molecule has 2 amide bonds. The Morgan fingerprint density at radius 1 is 1.08 bits per heavy atom. The van der Waals surface area contributed by atoms with Gasteiger partial charge in [0.15, 0.2) is 0 Å². The number of anilines is 1. The maximum Gasteiger partial charge on any atom is 0.243 e. The molecule has 1 saturated carbocycles. The highest BCUT2D eigenvalue weighted by atomic mass is 35.5. The van der Waals surface area contributed by atoms with Crippen molar-refractivity contribution in [3.8, 4) is 0 Å². The van der Waals surface area contributed by atoms with Gasteiger partial charge in [-0.05, 0) is 61.6 Å². The molecule has 1 fully saturated rings. The molecule has 214 valence electrons. The zero-order chi connectivity index (χ0) is 28.6. The number of amides is 2. The Bertz CT molecular complexity index is 1240. The molecular weight excluding hydrogens is 564 g/mol. The van der Waals surface area contributed by atoms with Crippen molar-refractivity contribution < 1.29 is 22.4 Å². The highest BCUT2D eigenvalue weighted by Crippen LogP contribution is 2.31. The lowest BCUT2D eigenvalue weighted by Gasteiger charge is -2.33. The highest BCUT2D eigenvalue weighted by molar-refractivity contribution is 7.92. The van der Waals surface area contributed by atoms with Gasteiger partial charge in [0.1, 0.15) is 11.9 Å². The van der Waals surface area contributed by atoms with Gasteiger partial charge in [-0.1, -0.05) is 61.5 Å². The average molecular weight is 601 g/mol. The van der Waals surface area contributed by atoms with Crippen LogP contribution in [0.2, 0.25) is 10.0 Å². The van der Waals surface area contributed by atoms with Crippen LogP contribution in [0.15, 0.2) is 42.5 Å². The fourth-order valence-electron chi connectivity index (χ4n) is 4.91. The van der Waals surface area contributed by atoms with Crippen LogP contribution < -0.4 is 9.62 Å². The fraction of sp³-hybridized carbons (Fsp3) is 0.500. The van der Waals surface area contributed by atoms with Crippen molar-refractivity contribution in [3.63, 3.8) is 0 Å². The molecule has 3 rings (SSSR count). The standard InChI is InChI=1S/C28H36Cl2FN3O4S/c1-3-25(28(36)32-23-8-5-4-6-9-23)33(19-20-11-14-22(31)15-12-20)27(35)10-7-17-34(39(2,37)38)26-18-21(29)13-16-24(26)30/h11-16,18,23,25H,3-10,17,19H2,1-2H3,(H,32,36)/t25-/m1/s1. The van der Waals surface area contributed by atoms with E-state index >= 15 is 0 Å². The monoisotopic (exact) mass is 599 g/mol. The van der Waals surface area contributed by atoms with E-state index in [1.807, 2.05) is 6.92 Å². The van der Waals surface area contributed by atoms with Crippen LogP contribution in [0.4, 0.5) is 10.1 Å². The van der Waals surface area contributed by atoms with Gasteiger partial charge in [0.2, 0.25) is 21.8 Å². The zero-order valence-electron chi connectivity index (χ0n) is 22.3. The van der Waals surface area contributed by atoms with E-state index in [0.717, 1.165) is 42.7 Å². The second kappa shape index (κ2) is 14.3. The Morgan fingerprint density at radius 3 is 2.36 bits per heavy atom. The normalized spacial score (nSPS) is 15.0. The van der Waals surface area contributed by atoms with E-state index in [2.05, 4.69) is 5.32 Å².